The van der Waals surface area contributed by atoms with E-state index in [1.54, 1.807) is 6.26 Å². The summed E-state index contributed by atoms with van der Waals surface area (Å²) in [6.45, 7) is 1.44. The minimum atomic E-state index is -0.188. The van der Waals surface area contributed by atoms with E-state index in [0.29, 0.717) is 11.7 Å². The van der Waals surface area contributed by atoms with Crippen LogP contribution in [0.1, 0.15) is 18.4 Å². The normalized spacial score (nSPS) is 16.5. The maximum Gasteiger partial charge on any atom is 0.242 e. The molecule has 1 aromatic heterocycles. The summed E-state index contributed by atoms with van der Waals surface area (Å²) in [5.41, 5.74) is 7.00. The first-order chi connectivity index (χ1) is 13.2. The molecular weight excluding hydrogens is 362 g/mol. The van der Waals surface area contributed by atoms with E-state index < -0.39 is 0 Å². The average molecular weight is 383 g/mol. The van der Waals surface area contributed by atoms with Gasteiger partial charge in [0.1, 0.15) is 5.58 Å². The summed E-state index contributed by atoms with van der Waals surface area (Å²) >= 11 is 5.18. The topological polar surface area (TPSA) is 75.5 Å². The first-order valence-corrected chi connectivity index (χ1v) is 9.43. The average Bonchev–Trinajstić information content (AvgIpc) is 3.35. The van der Waals surface area contributed by atoms with Crippen molar-refractivity contribution in [3.63, 3.8) is 0 Å². The Bertz CT molecular complexity index is 979. The zero-order chi connectivity index (χ0) is 18.6. The van der Waals surface area contributed by atoms with Crippen molar-refractivity contribution in [3.8, 4) is 0 Å². The van der Waals surface area contributed by atoms with Crippen LogP contribution in [0.25, 0.3) is 21.7 Å². The number of rotatable bonds is 4. The number of hydrazine groups is 1. The number of fused-ring (bicyclic) bond motifs is 3. The molecule has 1 saturated heterocycles. The Morgan fingerprint density at radius 2 is 2.07 bits per heavy atom. The fraction of sp³-hybridized carbons (Fsp3) is 0.300. The zero-order valence-corrected chi connectivity index (χ0v) is 15.6. The minimum absolute atomic E-state index is 0.186. The molecule has 0 radical (unpaired) electrons. The monoisotopic (exact) mass is 383 g/mol. The molecule has 4 rings (SSSR count). The van der Waals surface area contributed by atoms with Crippen LogP contribution in [0.3, 0.4) is 0 Å². The molecule has 0 saturated carbocycles. The Morgan fingerprint density at radius 3 is 2.93 bits per heavy atom. The maximum absolute atomic E-state index is 12.3. The van der Waals surface area contributed by atoms with Crippen molar-refractivity contribution in [3.05, 3.63) is 48.2 Å². The van der Waals surface area contributed by atoms with Crippen LogP contribution in [-0.4, -0.2) is 30.3 Å². The van der Waals surface area contributed by atoms with Gasteiger partial charge >= 0.3 is 0 Å². The number of thiocarbonyl (C=S) groups is 1. The number of benzene rings is 2. The highest BCUT2D eigenvalue weighted by Crippen LogP contribution is 2.30. The van der Waals surface area contributed by atoms with Crippen molar-refractivity contribution in [2.24, 2.45) is 0 Å². The second-order valence-electron chi connectivity index (χ2n) is 6.62. The Balaban J connectivity index is 1.36. The van der Waals surface area contributed by atoms with E-state index in [-0.39, 0.29) is 18.4 Å². The van der Waals surface area contributed by atoms with E-state index in [2.05, 4.69) is 16.2 Å². The molecule has 6 nitrogen and oxygen atoms in total. The van der Waals surface area contributed by atoms with Crippen molar-refractivity contribution in [1.82, 2.24) is 16.2 Å². The Labute approximate surface area is 162 Å². The molecule has 0 bridgehead atoms. The van der Waals surface area contributed by atoms with Gasteiger partial charge in [-0.25, -0.2) is 0 Å². The molecule has 1 fully saturated rings. The van der Waals surface area contributed by atoms with Crippen LogP contribution >= 0.6 is 12.2 Å². The number of hydrogen-bond donors (Lipinski definition) is 3. The predicted octanol–water partition coefficient (Wildman–Crippen LogP) is 2.80. The van der Waals surface area contributed by atoms with Crippen molar-refractivity contribution < 1.29 is 13.9 Å². The molecule has 1 unspecified atom stereocenters. The number of carbonyl (C=O) groups is 1. The van der Waals surface area contributed by atoms with Crippen molar-refractivity contribution in [1.29, 1.82) is 0 Å². The van der Waals surface area contributed by atoms with Crippen LogP contribution < -0.4 is 16.2 Å². The summed E-state index contributed by atoms with van der Waals surface area (Å²) < 4.78 is 11.2. The molecule has 7 heteroatoms. The van der Waals surface area contributed by atoms with Crippen LogP contribution in [0.15, 0.2) is 47.1 Å². The Morgan fingerprint density at radius 1 is 1.19 bits per heavy atom. The van der Waals surface area contributed by atoms with Crippen LogP contribution in [0.4, 0.5) is 0 Å². The van der Waals surface area contributed by atoms with E-state index >= 15 is 0 Å². The third-order valence-electron chi connectivity index (χ3n) is 4.72. The molecule has 1 aliphatic rings. The third kappa shape index (κ3) is 4.04. The smallest absolute Gasteiger partial charge is 0.242 e. The molecule has 3 N–H and O–H groups in total. The lowest BCUT2D eigenvalue weighted by Gasteiger charge is -2.14. The molecule has 140 valence electrons. The van der Waals surface area contributed by atoms with E-state index in [0.717, 1.165) is 46.8 Å². The number of ether oxygens (including phenoxy) is 1. The number of amides is 1. The summed E-state index contributed by atoms with van der Waals surface area (Å²) in [5.74, 6) is -0.188. The highest BCUT2D eigenvalue weighted by molar-refractivity contribution is 7.80. The highest BCUT2D eigenvalue weighted by Gasteiger charge is 2.16. The van der Waals surface area contributed by atoms with Gasteiger partial charge in [-0.1, -0.05) is 30.3 Å². The fourth-order valence-corrected chi connectivity index (χ4v) is 3.54. The minimum Gasteiger partial charge on any atom is -0.464 e. The first-order valence-electron chi connectivity index (χ1n) is 9.03. The fourth-order valence-electron chi connectivity index (χ4n) is 3.40. The second kappa shape index (κ2) is 7.94. The highest BCUT2D eigenvalue weighted by atomic mass is 32.1. The largest absolute Gasteiger partial charge is 0.464 e. The molecule has 0 spiro atoms. The van der Waals surface area contributed by atoms with Gasteiger partial charge in [-0.05, 0) is 41.9 Å². The van der Waals surface area contributed by atoms with E-state index in [1.165, 1.54) is 0 Å². The van der Waals surface area contributed by atoms with Crippen LogP contribution in [0.5, 0.6) is 0 Å². The summed E-state index contributed by atoms with van der Waals surface area (Å²) in [7, 11) is 0. The lowest BCUT2D eigenvalue weighted by Crippen LogP contribution is -2.48. The van der Waals surface area contributed by atoms with Gasteiger partial charge in [-0.3, -0.25) is 15.6 Å². The summed E-state index contributed by atoms with van der Waals surface area (Å²) in [5, 5.41) is 6.60. The van der Waals surface area contributed by atoms with Gasteiger partial charge in [0.15, 0.2) is 5.11 Å². The Hall–Kier alpha value is -2.64. The van der Waals surface area contributed by atoms with Crippen molar-refractivity contribution in [2.75, 3.05) is 13.2 Å². The van der Waals surface area contributed by atoms with Crippen molar-refractivity contribution >= 4 is 45.0 Å². The van der Waals surface area contributed by atoms with Gasteiger partial charge in [-0.2, -0.15) is 0 Å². The molecule has 1 atom stereocenters. The number of furan rings is 1. The maximum atomic E-state index is 12.3. The van der Waals surface area contributed by atoms with Crippen LogP contribution in [-0.2, 0) is 16.0 Å². The predicted molar refractivity (Wildman–Crippen MR) is 108 cm³/mol. The number of carbonyl (C=O) groups excluding carboxylic acids is 1. The number of nitrogens with one attached hydrogen (secondary N) is 3. The van der Waals surface area contributed by atoms with Crippen molar-refractivity contribution in [2.45, 2.75) is 25.4 Å². The van der Waals surface area contributed by atoms with E-state index in [9.17, 15) is 4.79 Å². The zero-order valence-electron chi connectivity index (χ0n) is 14.8. The van der Waals surface area contributed by atoms with Gasteiger partial charge in [-0.15, -0.1) is 0 Å². The molecule has 2 aromatic carbocycles. The van der Waals surface area contributed by atoms with Gasteiger partial charge in [0.2, 0.25) is 5.91 Å². The summed E-state index contributed by atoms with van der Waals surface area (Å²) in [4.78, 5) is 12.3. The van der Waals surface area contributed by atoms with E-state index in [1.807, 2.05) is 36.4 Å². The van der Waals surface area contributed by atoms with Crippen LogP contribution in [0.2, 0.25) is 0 Å². The standard InChI is InChI=1S/C20H21N3O3S/c24-18(22-23-20(27)21-11-15-5-3-9-25-15)10-14-12-26-17-8-7-13-4-1-2-6-16(13)19(14)17/h1-2,4,6-8,12,15H,3,5,9-11H2,(H,22,24)(H2,21,23,27). The summed E-state index contributed by atoms with van der Waals surface area (Å²) in [6, 6.07) is 12.0. The molecular formula is C20H21N3O3S. The number of hydrogen-bond acceptors (Lipinski definition) is 4. The molecule has 0 aliphatic carbocycles. The molecule has 2 heterocycles. The van der Waals surface area contributed by atoms with Gasteiger partial charge in [0, 0.05) is 24.1 Å². The molecule has 1 aliphatic heterocycles. The lowest BCUT2D eigenvalue weighted by atomic mass is 10.0. The van der Waals surface area contributed by atoms with Gasteiger partial charge in [0.05, 0.1) is 18.8 Å². The molecule has 1 amide bonds. The van der Waals surface area contributed by atoms with Gasteiger partial charge < -0.3 is 14.5 Å². The summed E-state index contributed by atoms with van der Waals surface area (Å²) in [6.07, 6.45) is 4.14. The Kier molecular flexibility index (Phi) is 5.22. The SMILES string of the molecule is O=C(Cc1coc2ccc3ccccc3c12)NNC(=S)NCC1CCCO1. The second-order valence-corrected chi connectivity index (χ2v) is 7.02. The van der Waals surface area contributed by atoms with E-state index in [4.69, 9.17) is 21.4 Å². The first kappa shape index (κ1) is 17.8. The van der Waals surface area contributed by atoms with Gasteiger partial charge in [0.25, 0.3) is 0 Å². The molecule has 3 aromatic rings. The third-order valence-corrected chi connectivity index (χ3v) is 4.97. The van der Waals surface area contributed by atoms with Crippen LogP contribution in [0, 0.1) is 0 Å². The molecule has 27 heavy (non-hydrogen) atoms. The quantitative estimate of drug-likeness (QED) is 0.475. The lowest BCUT2D eigenvalue weighted by molar-refractivity contribution is -0.121.